The van der Waals surface area contributed by atoms with Gasteiger partial charge in [0.1, 0.15) is 5.82 Å². The van der Waals surface area contributed by atoms with E-state index >= 15 is 0 Å². The average molecular weight is 358 g/mol. The molecule has 8 nitrogen and oxygen atoms in total. The summed E-state index contributed by atoms with van der Waals surface area (Å²) < 4.78 is 3.91. The molecule has 0 aromatic carbocycles. The SMILES string of the molecule is Cc1nn(C)c(C)c1CN=C(NCc1nnc(C)n1C)NC1CCCC1. The first-order valence-corrected chi connectivity index (χ1v) is 9.34. The van der Waals surface area contributed by atoms with Gasteiger partial charge in [0.15, 0.2) is 11.8 Å². The van der Waals surface area contributed by atoms with Gasteiger partial charge in [0.2, 0.25) is 0 Å². The normalized spacial score (nSPS) is 15.7. The molecule has 2 N–H and O–H groups in total. The van der Waals surface area contributed by atoms with Crippen LogP contribution < -0.4 is 10.6 Å². The molecule has 2 aromatic rings. The van der Waals surface area contributed by atoms with Gasteiger partial charge < -0.3 is 15.2 Å². The molecule has 3 rings (SSSR count). The minimum atomic E-state index is 0.499. The van der Waals surface area contributed by atoms with Crippen molar-refractivity contribution in [1.29, 1.82) is 0 Å². The molecule has 0 atom stereocenters. The molecule has 2 heterocycles. The fourth-order valence-electron chi connectivity index (χ4n) is 3.39. The van der Waals surface area contributed by atoms with E-state index in [0.717, 1.165) is 29.0 Å². The summed E-state index contributed by atoms with van der Waals surface area (Å²) in [5.74, 6) is 2.64. The van der Waals surface area contributed by atoms with E-state index < -0.39 is 0 Å². The number of rotatable bonds is 5. The highest BCUT2D eigenvalue weighted by atomic mass is 15.3. The van der Waals surface area contributed by atoms with Crippen LogP contribution in [0.5, 0.6) is 0 Å². The lowest BCUT2D eigenvalue weighted by molar-refractivity contribution is 0.606. The van der Waals surface area contributed by atoms with Gasteiger partial charge in [0.05, 0.1) is 18.8 Å². The number of hydrogen-bond donors (Lipinski definition) is 2. The minimum Gasteiger partial charge on any atom is -0.354 e. The first kappa shape index (κ1) is 18.4. The summed E-state index contributed by atoms with van der Waals surface area (Å²) in [5.41, 5.74) is 3.39. The number of nitrogens with zero attached hydrogens (tertiary/aromatic N) is 6. The van der Waals surface area contributed by atoms with Crippen LogP contribution in [0.3, 0.4) is 0 Å². The van der Waals surface area contributed by atoms with Crippen molar-refractivity contribution in [1.82, 2.24) is 35.2 Å². The molecule has 0 aliphatic heterocycles. The van der Waals surface area contributed by atoms with Crippen molar-refractivity contribution < 1.29 is 0 Å². The van der Waals surface area contributed by atoms with E-state index in [-0.39, 0.29) is 0 Å². The van der Waals surface area contributed by atoms with Crippen LogP contribution in [0.15, 0.2) is 4.99 Å². The standard InChI is InChI=1S/C18H30N8/c1-12-16(13(2)26(5)24-12)10-19-18(21-15-8-6-7-9-15)20-11-17-23-22-14(3)25(17)4/h15H,6-11H2,1-5H3,(H2,19,20,21). The second-order valence-corrected chi connectivity index (χ2v) is 7.14. The second-order valence-electron chi connectivity index (χ2n) is 7.14. The van der Waals surface area contributed by atoms with E-state index in [0.29, 0.717) is 19.1 Å². The molecular weight excluding hydrogens is 328 g/mol. The van der Waals surface area contributed by atoms with Gasteiger partial charge >= 0.3 is 0 Å². The van der Waals surface area contributed by atoms with Crippen LogP contribution in [0.4, 0.5) is 0 Å². The summed E-state index contributed by atoms with van der Waals surface area (Å²) in [4.78, 5) is 4.83. The predicted octanol–water partition coefficient (Wildman–Crippen LogP) is 1.65. The minimum absolute atomic E-state index is 0.499. The topological polar surface area (TPSA) is 85.0 Å². The first-order chi connectivity index (χ1) is 12.5. The van der Waals surface area contributed by atoms with Gasteiger partial charge in [-0.3, -0.25) is 4.68 Å². The fourth-order valence-corrected chi connectivity index (χ4v) is 3.39. The van der Waals surface area contributed by atoms with Gasteiger partial charge in [-0.2, -0.15) is 5.10 Å². The largest absolute Gasteiger partial charge is 0.354 e. The van der Waals surface area contributed by atoms with Gasteiger partial charge in [-0.15, -0.1) is 10.2 Å². The molecule has 142 valence electrons. The van der Waals surface area contributed by atoms with Crippen molar-refractivity contribution in [2.75, 3.05) is 0 Å². The molecule has 0 amide bonds. The Morgan fingerprint density at radius 1 is 1.15 bits per heavy atom. The molecule has 8 heteroatoms. The summed E-state index contributed by atoms with van der Waals surface area (Å²) in [7, 11) is 3.96. The predicted molar refractivity (Wildman–Crippen MR) is 102 cm³/mol. The molecule has 2 aromatic heterocycles. The molecule has 1 aliphatic carbocycles. The van der Waals surface area contributed by atoms with E-state index in [9.17, 15) is 0 Å². The van der Waals surface area contributed by atoms with Crippen molar-refractivity contribution in [3.8, 4) is 0 Å². The number of aromatic nitrogens is 5. The third-order valence-electron chi connectivity index (χ3n) is 5.35. The number of guanidine groups is 1. The highest BCUT2D eigenvalue weighted by Crippen LogP contribution is 2.18. The Morgan fingerprint density at radius 3 is 2.46 bits per heavy atom. The van der Waals surface area contributed by atoms with E-state index in [1.54, 1.807) is 0 Å². The Morgan fingerprint density at radius 2 is 1.88 bits per heavy atom. The van der Waals surface area contributed by atoms with Crippen molar-refractivity contribution in [2.45, 2.75) is 65.6 Å². The van der Waals surface area contributed by atoms with Gasteiger partial charge in [0.25, 0.3) is 0 Å². The van der Waals surface area contributed by atoms with Gasteiger partial charge in [-0.1, -0.05) is 12.8 Å². The molecular formula is C18H30N8. The number of aryl methyl sites for hydroxylation is 3. The molecule has 0 unspecified atom stereocenters. The van der Waals surface area contributed by atoms with Crippen LogP contribution in [0.2, 0.25) is 0 Å². The summed E-state index contributed by atoms with van der Waals surface area (Å²) in [5, 5.41) is 19.8. The van der Waals surface area contributed by atoms with E-state index in [2.05, 4.69) is 32.9 Å². The lowest BCUT2D eigenvalue weighted by atomic mass is 10.2. The maximum absolute atomic E-state index is 4.83. The highest BCUT2D eigenvalue weighted by molar-refractivity contribution is 5.80. The summed E-state index contributed by atoms with van der Waals surface area (Å²) in [6.07, 6.45) is 4.98. The van der Waals surface area contributed by atoms with Crippen molar-refractivity contribution in [3.05, 3.63) is 28.6 Å². The zero-order valence-corrected chi connectivity index (χ0v) is 16.5. The average Bonchev–Trinajstić information content (AvgIpc) is 3.28. The fraction of sp³-hybridized carbons (Fsp3) is 0.667. The zero-order valence-electron chi connectivity index (χ0n) is 16.5. The van der Waals surface area contributed by atoms with Crippen LogP contribution in [0.25, 0.3) is 0 Å². The molecule has 0 bridgehead atoms. The van der Waals surface area contributed by atoms with Crippen molar-refractivity contribution in [3.63, 3.8) is 0 Å². The Labute approximate surface area is 155 Å². The quantitative estimate of drug-likeness (QED) is 0.627. The molecule has 1 saturated carbocycles. The summed E-state index contributed by atoms with van der Waals surface area (Å²) in [6, 6.07) is 0.499. The molecule has 1 aliphatic rings. The Hall–Kier alpha value is -2.38. The van der Waals surface area contributed by atoms with Crippen molar-refractivity contribution in [2.24, 2.45) is 19.1 Å². The molecule has 0 saturated heterocycles. The number of aliphatic imine (C=N–C) groups is 1. The first-order valence-electron chi connectivity index (χ1n) is 9.34. The molecule has 1 fully saturated rings. The van der Waals surface area contributed by atoms with Gasteiger partial charge in [0, 0.05) is 31.4 Å². The summed E-state index contributed by atoms with van der Waals surface area (Å²) in [6.45, 7) is 7.30. The Balaban J connectivity index is 1.72. The monoisotopic (exact) mass is 358 g/mol. The van der Waals surface area contributed by atoms with Crippen LogP contribution in [-0.4, -0.2) is 36.5 Å². The van der Waals surface area contributed by atoms with Crippen LogP contribution >= 0.6 is 0 Å². The second kappa shape index (κ2) is 7.88. The highest BCUT2D eigenvalue weighted by Gasteiger charge is 2.17. The zero-order chi connectivity index (χ0) is 18.7. The maximum atomic E-state index is 4.83. The third kappa shape index (κ3) is 4.05. The number of hydrogen-bond acceptors (Lipinski definition) is 4. The molecule has 0 radical (unpaired) electrons. The smallest absolute Gasteiger partial charge is 0.192 e. The molecule has 26 heavy (non-hydrogen) atoms. The van der Waals surface area contributed by atoms with E-state index in [1.165, 1.54) is 31.2 Å². The number of nitrogens with one attached hydrogen (secondary N) is 2. The van der Waals surface area contributed by atoms with Gasteiger partial charge in [-0.25, -0.2) is 4.99 Å². The van der Waals surface area contributed by atoms with E-state index in [1.807, 2.05) is 37.2 Å². The Bertz CT molecular complexity index is 779. The Kier molecular flexibility index (Phi) is 5.58. The van der Waals surface area contributed by atoms with E-state index in [4.69, 9.17) is 4.99 Å². The third-order valence-corrected chi connectivity index (χ3v) is 5.35. The molecule has 0 spiro atoms. The van der Waals surface area contributed by atoms with Crippen molar-refractivity contribution >= 4 is 5.96 Å². The van der Waals surface area contributed by atoms with Crippen LogP contribution in [-0.2, 0) is 27.2 Å². The van der Waals surface area contributed by atoms with Crippen LogP contribution in [0, 0.1) is 20.8 Å². The summed E-state index contributed by atoms with van der Waals surface area (Å²) >= 11 is 0. The lowest BCUT2D eigenvalue weighted by Crippen LogP contribution is -2.42. The lowest BCUT2D eigenvalue weighted by Gasteiger charge is -2.17. The van der Waals surface area contributed by atoms with Gasteiger partial charge in [-0.05, 0) is 33.6 Å². The van der Waals surface area contributed by atoms with Crippen LogP contribution in [0.1, 0.15) is 54.3 Å². The maximum Gasteiger partial charge on any atom is 0.192 e.